The van der Waals surface area contributed by atoms with Gasteiger partial charge in [0.05, 0.1) is 6.61 Å². The van der Waals surface area contributed by atoms with Crippen molar-refractivity contribution in [3.63, 3.8) is 0 Å². The van der Waals surface area contributed by atoms with Crippen molar-refractivity contribution < 1.29 is 9.13 Å². The Hall–Kier alpha value is -1.83. The molecule has 1 nitrogen and oxygen atoms in total. The van der Waals surface area contributed by atoms with Crippen molar-refractivity contribution in [2.45, 2.75) is 0 Å². The summed E-state index contributed by atoms with van der Waals surface area (Å²) in [5.74, 6) is 0.531. The first kappa shape index (κ1) is 10.7. The molecule has 2 rings (SSSR count). The third-order valence-electron chi connectivity index (χ3n) is 2.31. The molecule has 16 heavy (non-hydrogen) atoms. The van der Waals surface area contributed by atoms with Crippen LogP contribution in [0.15, 0.2) is 48.5 Å². The summed E-state index contributed by atoms with van der Waals surface area (Å²) in [5, 5.41) is 0. The normalized spacial score (nSPS) is 10.1. The molecule has 2 heteroatoms. The van der Waals surface area contributed by atoms with E-state index in [1.165, 1.54) is 6.07 Å². The standard InChI is InChI=1S/C14H12FO/c1-2-16-12-9-7-11(8-10-12)13-5-3-4-6-14(13)15/h3-10H,1-2H2. The molecule has 0 atom stereocenters. The molecule has 0 saturated heterocycles. The molecule has 81 valence electrons. The van der Waals surface area contributed by atoms with Crippen LogP contribution in [0.5, 0.6) is 5.75 Å². The van der Waals surface area contributed by atoms with Crippen LogP contribution in [0.2, 0.25) is 0 Å². The Morgan fingerprint density at radius 1 is 1.00 bits per heavy atom. The van der Waals surface area contributed by atoms with Gasteiger partial charge < -0.3 is 4.74 Å². The van der Waals surface area contributed by atoms with E-state index in [0.717, 1.165) is 11.3 Å². The lowest BCUT2D eigenvalue weighted by Crippen LogP contribution is -1.91. The highest BCUT2D eigenvalue weighted by molar-refractivity contribution is 5.64. The lowest BCUT2D eigenvalue weighted by atomic mass is 10.1. The molecule has 2 aromatic rings. The number of benzene rings is 2. The Labute approximate surface area is 94.5 Å². The number of ether oxygens (including phenoxy) is 1. The van der Waals surface area contributed by atoms with E-state index in [4.69, 9.17) is 4.74 Å². The van der Waals surface area contributed by atoms with Gasteiger partial charge >= 0.3 is 0 Å². The van der Waals surface area contributed by atoms with E-state index < -0.39 is 0 Å². The molecule has 0 aliphatic carbocycles. The molecule has 0 fully saturated rings. The number of hydrogen-bond acceptors (Lipinski definition) is 1. The zero-order valence-corrected chi connectivity index (χ0v) is 8.82. The van der Waals surface area contributed by atoms with Gasteiger partial charge in [-0.1, -0.05) is 30.3 Å². The van der Waals surface area contributed by atoms with Crippen LogP contribution >= 0.6 is 0 Å². The second-order valence-electron chi connectivity index (χ2n) is 3.35. The predicted molar refractivity (Wildman–Crippen MR) is 62.7 cm³/mol. The first-order valence-electron chi connectivity index (χ1n) is 5.08. The van der Waals surface area contributed by atoms with Crippen LogP contribution in [0.3, 0.4) is 0 Å². The van der Waals surface area contributed by atoms with Gasteiger partial charge in [-0.05, 0) is 30.7 Å². The quantitative estimate of drug-likeness (QED) is 0.758. The molecule has 0 N–H and O–H groups in total. The van der Waals surface area contributed by atoms with Crippen LogP contribution in [0.25, 0.3) is 11.1 Å². The van der Waals surface area contributed by atoms with Gasteiger partial charge in [0.2, 0.25) is 0 Å². The zero-order valence-electron chi connectivity index (χ0n) is 8.82. The summed E-state index contributed by atoms with van der Waals surface area (Å²) in [7, 11) is 0. The monoisotopic (exact) mass is 215 g/mol. The van der Waals surface area contributed by atoms with E-state index in [2.05, 4.69) is 6.92 Å². The molecule has 0 aromatic heterocycles. The molecular weight excluding hydrogens is 203 g/mol. The van der Waals surface area contributed by atoms with E-state index in [-0.39, 0.29) is 5.82 Å². The summed E-state index contributed by atoms with van der Waals surface area (Å²) in [6.45, 7) is 3.98. The molecule has 0 bridgehead atoms. The number of hydrogen-bond donors (Lipinski definition) is 0. The molecule has 0 amide bonds. The van der Waals surface area contributed by atoms with Crippen LogP contribution in [0.1, 0.15) is 0 Å². The third kappa shape index (κ3) is 2.22. The Morgan fingerprint density at radius 2 is 1.69 bits per heavy atom. The summed E-state index contributed by atoms with van der Waals surface area (Å²) in [4.78, 5) is 0. The molecule has 0 unspecified atom stereocenters. The summed E-state index contributed by atoms with van der Waals surface area (Å²) in [5.41, 5.74) is 1.44. The minimum atomic E-state index is -0.215. The Balaban J connectivity index is 2.31. The average Bonchev–Trinajstić information content (AvgIpc) is 2.31. The molecule has 0 aliphatic heterocycles. The smallest absolute Gasteiger partial charge is 0.131 e. The maximum absolute atomic E-state index is 13.5. The largest absolute Gasteiger partial charge is 0.494 e. The molecule has 2 aromatic carbocycles. The second kappa shape index (κ2) is 4.79. The van der Waals surface area contributed by atoms with Gasteiger partial charge in [0.1, 0.15) is 11.6 Å². The summed E-state index contributed by atoms with van der Waals surface area (Å²) in [6.07, 6.45) is 0. The van der Waals surface area contributed by atoms with Gasteiger partial charge in [-0.2, -0.15) is 0 Å². The fourth-order valence-corrected chi connectivity index (χ4v) is 1.54. The van der Waals surface area contributed by atoms with E-state index in [0.29, 0.717) is 12.2 Å². The number of halogens is 1. The minimum Gasteiger partial charge on any atom is -0.494 e. The second-order valence-corrected chi connectivity index (χ2v) is 3.35. The van der Waals surface area contributed by atoms with E-state index >= 15 is 0 Å². The van der Waals surface area contributed by atoms with Crippen LogP contribution < -0.4 is 4.74 Å². The Kier molecular flexibility index (Phi) is 3.20. The molecule has 0 spiro atoms. The fourth-order valence-electron chi connectivity index (χ4n) is 1.54. The Morgan fingerprint density at radius 3 is 2.31 bits per heavy atom. The van der Waals surface area contributed by atoms with Gasteiger partial charge in [-0.15, -0.1) is 0 Å². The van der Waals surface area contributed by atoms with Gasteiger partial charge in [0.25, 0.3) is 0 Å². The summed E-state index contributed by atoms with van der Waals surface area (Å²) in [6, 6.07) is 14.0. The van der Waals surface area contributed by atoms with Gasteiger partial charge in [-0.3, -0.25) is 0 Å². The minimum absolute atomic E-state index is 0.215. The van der Waals surface area contributed by atoms with Crippen LogP contribution in [-0.4, -0.2) is 6.61 Å². The predicted octanol–water partition coefficient (Wildman–Crippen LogP) is 3.71. The lowest BCUT2D eigenvalue weighted by Gasteiger charge is -2.05. The maximum Gasteiger partial charge on any atom is 0.131 e. The van der Waals surface area contributed by atoms with E-state index in [1.54, 1.807) is 12.1 Å². The van der Waals surface area contributed by atoms with Crippen LogP contribution in [0.4, 0.5) is 4.39 Å². The van der Waals surface area contributed by atoms with Crippen molar-refractivity contribution >= 4 is 0 Å². The van der Waals surface area contributed by atoms with Crippen molar-refractivity contribution in [2.75, 3.05) is 6.61 Å². The molecular formula is C14H12FO. The maximum atomic E-state index is 13.5. The summed E-state index contributed by atoms with van der Waals surface area (Å²) >= 11 is 0. The first-order valence-corrected chi connectivity index (χ1v) is 5.08. The lowest BCUT2D eigenvalue weighted by molar-refractivity contribution is 0.361. The SMILES string of the molecule is [CH2]COc1ccc(-c2ccccc2F)cc1. The average molecular weight is 215 g/mol. The Bertz CT molecular complexity index is 462. The highest BCUT2D eigenvalue weighted by Crippen LogP contribution is 2.24. The number of rotatable bonds is 3. The zero-order chi connectivity index (χ0) is 11.4. The van der Waals surface area contributed by atoms with Crippen molar-refractivity contribution in [1.82, 2.24) is 0 Å². The van der Waals surface area contributed by atoms with Crippen molar-refractivity contribution in [2.24, 2.45) is 0 Å². The van der Waals surface area contributed by atoms with Gasteiger partial charge in [0.15, 0.2) is 0 Å². The topological polar surface area (TPSA) is 9.23 Å². The van der Waals surface area contributed by atoms with Crippen molar-refractivity contribution in [1.29, 1.82) is 0 Å². The van der Waals surface area contributed by atoms with Gasteiger partial charge in [-0.25, -0.2) is 4.39 Å². The van der Waals surface area contributed by atoms with Crippen LogP contribution in [-0.2, 0) is 0 Å². The van der Waals surface area contributed by atoms with Crippen molar-refractivity contribution in [3.05, 3.63) is 61.3 Å². The van der Waals surface area contributed by atoms with Gasteiger partial charge in [0, 0.05) is 5.56 Å². The van der Waals surface area contributed by atoms with E-state index in [1.807, 2.05) is 30.3 Å². The molecule has 0 heterocycles. The molecule has 0 aliphatic rings. The highest BCUT2D eigenvalue weighted by Gasteiger charge is 2.03. The van der Waals surface area contributed by atoms with Crippen molar-refractivity contribution in [3.8, 4) is 16.9 Å². The van der Waals surface area contributed by atoms with E-state index in [9.17, 15) is 4.39 Å². The highest BCUT2D eigenvalue weighted by atomic mass is 19.1. The molecule has 0 saturated carbocycles. The molecule has 1 radical (unpaired) electrons. The summed E-state index contributed by atoms with van der Waals surface area (Å²) < 4.78 is 18.7. The third-order valence-corrected chi connectivity index (χ3v) is 2.31. The first-order chi connectivity index (χ1) is 7.81. The van der Waals surface area contributed by atoms with Crippen LogP contribution in [0, 0.1) is 12.7 Å². The fraction of sp³-hybridized carbons (Fsp3) is 0.0714.